The van der Waals surface area contributed by atoms with Gasteiger partial charge in [-0.15, -0.1) is 0 Å². The number of hydrogen-bond acceptors (Lipinski definition) is 6. The lowest BCUT2D eigenvalue weighted by atomic mass is 9.96. The van der Waals surface area contributed by atoms with E-state index in [0.717, 1.165) is 0 Å². The molecule has 0 aromatic heterocycles. The van der Waals surface area contributed by atoms with Crippen molar-refractivity contribution in [3.05, 3.63) is 0 Å². The van der Waals surface area contributed by atoms with Gasteiger partial charge in [0.25, 0.3) is 10.2 Å². The van der Waals surface area contributed by atoms with E-state index < -0.39 is 15.0 Å². The molecule has 21 heavy (non-hydrogen) atoms. The molecule has 0 aliphatic carbocycles. The van der Waals surface area contributed by atoms with Crippen molar-refractivity contribution < 1.29 is 18.4 Å². The molecule has 2 fully saturated rings. The number of rotatable bonds is 4. The van der Waals surface area contributed by atoms with Crippen molar-refractivity contribution in [3.63, 3.8) is 0 Å². The van der Waals surface area contributed by atoms with E-state index in [1.54, 1.807) is 0 Å². The first-order valence-corrected chi connectivity index (χ1v) is 9.44. The number of ether oxygens (including phenoxy) is 1. The van der Waals surface area contributed by atoms with E-state index in [2.05, 4.69) is 5.16 Å². The molecule has 2 saturated heterocycles. The summed E-state index contributed by atoms with van der Waals surface area (Å²) in [7, 11) is -3.44. The number of oxime groups is 1. The number of hydrogen-bond donors (Lipinski definition) is 2. The van der Waals surface area contributed by atoms with Gasteiger partial charge in [-0.2, -0.15) is 28.8 Å². The summed E-state index contributed by atoms with van der Waals surface area (Å²) in [4.78, 5) is 0. The zero-order valence-electron chi connectivity index (χ0n) is 12.1. The van der Waals surface area contributed by atoms with E-state index in [1.807, 2.05) is 6.26 Å². The van der Waals surface area contributed by atoms with Gasteiger partial charge < -0.3 is 15.7 Å². The van der Waals surface area contributed by atoms with Crippen LogP contribution in [0, 0.1) is 0 Å². The molecule has 0 radical (unpaired) electrons. The number of piperidine rings is 1. The molecular weight excluding hydrogens is 316 g/mol. The average molecular weight is 338 g/mol. The van der Waals surface area contributed by atoms with Gasteiger partial charge in [0.1, 0.15) is 0 Å². The molecule has 0 atom stereocenters. The lowest BCUT2D eigenvalue weighted by Crippen LogP contribution is -2.55. The Balaban J connectivity index is 2.06. The second kappa shape index (κ2) is 6.69. The Morgan fingerprint density at radius 1 is 1.24 bits per heavy atom. The van der Waals surface area contributed by atoms with Crippen LogP contribution in [0.4, 0.5) is 0 Å². The predicted octanol–water partition coefficient (Wildman–Crippen LogP) is -0.493. The van der Waals surface area contributed by atoms with Crippen molar-refractivity contribution in [1.29, 1.82) is 0 Å². The number of nitrogens with zero attached hydrogens (tertiary/aromatic N) is 3. The number of nitrogens with two attached hydrogens (primary N) is 1. The van der Waals surface area contributed by atoms with Crippen LogP contribution < -0.4 is 5.73 Å². The fourth-order valence-corrected chi connectivity index (χ4v) is 5.10. The molecule has 0 unspecified atom stereocenters. The van der Waals surface area contributed by atoms with Crippen LogP contribution in [-0.4, -0.2) is 78.5 Å². The minimum Gasteiger partial charge on any atom is -0.409 e. The van der Waals surface area contributed by atoms with Crippen LogP contribution in [0.2, 0.25) is 0 Å². The Kier molecular flexibility index (Phi) is 5.36. The van der Waals surface area contributed by atoms with E-state index in [0.29, 0.717) is 52.2 Å². The number of thioether (sulfide) groups is 1. The molecule has 2 heterocycles. The summed E-state index contributed by atoms with van der Waals surface area (Å²) in [6.45, 7) is 2.41. The van der Waals surface area contributed by atoms with E-state index >= 15 is 0 Å². The highest BCUT2D eigenvalue weighted by Crippen LogP contribution is 2.36. The van der Waals surface area contributed by atoms with Crippen molar-refractivity contribution in [2.45, 2.75) is 17.6 Å². The lowest BCUT2D eigenvalue weighted by molar-refractivity contribution is 0.0696. The fourth-order valence-electron chi connectivity index (χ4n) is 2.67. The van der Waals surface area contributed by atoms with Crippen LogP contribution in [0.5, 0.6) is 0 Å². The Morgan fingerprint density at radius 2 is 1.76 bits per heavy atom. The van der Waals surface area contributed by atoms with Crippen LogP contribution in [-0.2, 0) is 14.9 Å². The van der Waals surface area contributed by atoms with Crippen molar-refractivity contribution in [2.75, 3.05) is 45.6 Å². The summed E-state index contributed by atoms with van der Waals surface area (Å²) in [5.41, 5.74) is 5.77. The predicted molar refractivity (Wildman–Crippen MR) is 81.8 cm³/mol. The molecule has 122 valence electrons. The Bertz CT molecular complexity index is 482. The zero-order chi connectivity index (χ0) is 15.5. The maximum absolute atomic E-state index is 12.6. The third-order valence-corrected chi connectivity index (χ3v) is 7.55. The molecule has 0 aromatic carbocycles. The summed E-state index contributed by atoms with van der Waals surface area (Å²) in [6.07, 6.45) is 2.96. The molecule has 8 nitrogen and oxygen atoms in total. The van der Waals surface area contributed by atoms with Gasteiger partial charge in [0.05, 0.1) is 18.0 Å². The van der Waals surface area contributed by atoms with Gasteiger partial charge in [0.15, 0.2) is 5.84 Å². The molecule has 0 saturated carbocycles. The van der Waals surface area contributed by atoms with Gasteiger partial charge in [-0.25, -0.2) is 0 Å². The van der Waals surface area contributed by atoms with Gasteiger partial charge in [0, 0.05) is 26.2 Å². The van der Waals surface area contributed by atoms with Crippen molar-refractivity contribution in [1.82, 2.24) is 8.61 Å². The normalized spacial score (nSPS) is 25.9. The van der Waals surface area contributed by atoms with Crippen LogP contribution in [0.1, 0.15) is 12.8 Å². The van der Waals surface area contributed by atoms with E-state index in [-0.39, 0.29) is 5.84 Å². The van der Waals surface area contributed by atoms with Crippen LogP contribution >= 0.6 is 11.8 Å². The standard InChI is InChI=1S/C11H22N4O4S2/c1-20-11(10(12)13-16)2-4-14(5-3-11)21(17,18)15-6-8-19-9-7-15/h16H,2-9H2,1H3,(H2,12,13). The van der Waals surface area contributed by atoms with Gasteiger partial charge in [-0.1, -0.05) is 5.16 Å². The molecule has 0 spiro atoms. The first kappa shape index (κ1) is 16.8. The highest BCUT2D eigenvalue weighted by Gasteiger charge is 2.42. The first-order chi connectivity index (χ1) is 9.96. The smallest absolute Gasteiger partial charge is 0.282 e. The monoisotopic (exact) mass is 338 g/mol. The summed E-state index contributed by atoms with van der Waals surface area (Å²) >= 11 is 1.50. The average Bonchev–Trinajstić information content (AvgIpc) is 2.54. The van der Waals surface area contributed by atoms with Crippen LogP contribution in [0.25, 0.3) is 0 Å². The van der Waals surface area contributed by atoms with Crippen molar-refractivity contribution in [2.24, 2.45) is 10.9 Å². The quantitative estimate of drug-likeness (QED) is 0.310. The summed E-state index contributed by atoms with van der Waals surface area (Å²) in [6, 6.07) is 0. The van der Waals surface area contributed by atoms with Gasteiger partial charge >= 0.3 is 0 Å². The Hall–Kier alpha value is -0.550. The second-order valence-electron chi connectivity index (χ2n) is 5.10. The maximum atomic E-state index is 12.6. The molecule has 0 aromatic rings. The maximum Gasteiger partial charge on any atom is 0.282 e. The van der Waals surface area contributed by atoms with E-state index in [4.69, 9.17) is 15.7 Å². The Morgan fingerprint density at radius 3 is 2.24 bits per heavy atom. The lowest BCUT2D eigenvalue weighted by Gasteiger charge is -2.41. The molecule has 0 amide bonds. The third kappa shape index (κ3) is 3.29. The Labute approximate surface area is 129 Å². The number of amidine groups is 1. The topological polar surface area (TPSA) is 108 Å². The summed E-state index contributed by atoms with van der Waals surface area (Å²) < 4.78 is 32.8. The minimum absolute atomic E-state index is 0.165. The largest absolute Gasteiger partial charge is 0.409 e. The fraction of sp³-hybridized carbons (Fsp3) is 0.909. The minimum atomic E-state index is -3.44. The molecule has 0 bridgehead atoms. The molecule has 3 N–H and O–H groups in total. The molecule has 10 heteroatoms. The second-order valence-corrected chi connectivity index (χ2v) is 8.22. The zero-order valence-corrected chi connectivity index (χ0v) is 13.7. The third-order valence-electron chi connectivity index (χ3n) is 4.12. The van der Waals surface area contributed by atoms with Gasteiger partial charge in [0.2, 0.25) is 0 Å². The molecule has 2 rings (SSSR count). The first-order valence-electron chi connectivity index (χ1n) is 6.82. The SMILES string of the molecule is CSC1(C(N)=NO)CCN(S(=O)(=O)N2CCOCC2)CC1. The molecular formula is C11H22N4O4S2. The van der Waals surface area contributed by atoms with Crippen LogP contribution in [0.3, 0.4) is 0 Å². The van der Waals surface area contributed by atoms with Crippen molar-refractivity contribution in [3.8, 4) is 0 Å². The highest BCUT2D eigenvalue weighted by atomic mass is 32.2. The number of morpholine rings is 1. The van der Waals surface area contributed by atoms with Gasteiger partial charge in [-0.3, -0.25) is 0 Å². The van der Waals surface area contributed by atoms with Crippen LogP contribution in [0.15, 0.2) is 5.16 Å². The molecule has 2 aliphatic rings. The highest BCUT2D eigenvalue weighted by molar-refractivity contribution is 8.00. The summed E-state index contributed by atoms with van der Waals surface area (Å²) in [5.74, 6) is 0.165. The van der Waals surface area contributed by atoms with E-state index in [1.165, 1.54) is 20.4 Å². The van der Waals surface area contributed by atoms with Crippen molar-refractivity contribution >= 4 is 27.8 Å². The molecule has 2 aliphatic heterocycles. The van der Waals surface area contributed by atoms with Gasteiger partial charge in [-0.05, 0) is 19.1 Å². The van der Waals surface area contributed by atoms with E-state index in [9.17, 15) is 8.42 Å². The summed E-state index contributed by atoms with van der Waals surface area (Å²) in [5, 5.41) is 12.0.